The average molecular weight is 250 g/mol. The van der Waals surface area contributed by atoms with Gasteiger partial charge in [0.05, 0.1) is 12.1 Å². The number of rotatable bonds is 4. The summed E-state index contributed by atoms with van der Waals surface area (Å²) in [6, 6.07) is 5.79. The van der Waals surface area contributed by atoms with Gasteiger partial charge in [0.15, 0.2) is 0 Å². The highest BCUT2D eigenvalue weighted by Crippen LogP contribution is 2.14. The lowest BCUT2D eigenvalue weighted by Gasteiger charge is -2.10. The summed E-state index contributed by atoms with van der Waals surface area (Å²) in [5.41, 5.74) is 5.71. The molecule has 0 saturated heterocycles. The van der Waals surface area contributed by atoms with Gasteiger partial charge in [-0.3, -0.25) is 14.9 Å². The molecule has 0 aliphatic carbocycles. The Morgan fingerprint density at radius 2 is 1.89 bits per heavy atom. The number of para-hydroxylation sites is 1. The fraction of sp³-hybridized carbons (Fsp3) is 0.182. The minimum absolute atomic E-state index is 0.156. The third-order valence-electron chi connectivity index (χ3n) is 2.10. The Morgan fingerprint density at radius 3 is 2.50 bits per heavy atom. The molecule has 0 radical (unpaired) electrons. The molecule has 0 aliphatic rings. The van der Waals surface area contributed by atoms with Gasteiger partial charge in [-0.05, 0) is 12.1 Å². The summed E-state index contributed by atoms with van der Waals surface area (Å²) in [7, 11) is 1.51. The summed E-state index contributed by atoms with van der Waals surface area (Å²) in [5, 5.41) is 7.15. The number of hydrogen-bond donors (Lipinski definition) is 4. The maximum absolute atomic E-state index is 11.5. The Bertz CT molecular complexity index is 473. The molecule has 0 aliphatic heterocycles. The molecule has 0 fully saturated rings. The first-order valence-electron chi connectivity index (χ1n) is 5.19. The molecule has 7 heteroatoms. The van der Waals surface area contributed by atoms with Crippen LogP contribution in [0.4, 0.5) is 10.5 Å². The van der Waals surface area contributed by atoms with E-state index in [4.69, 9.17) is 5.73 Å². The highest BCUT2D eigenvalue weighted by atomic mass is 16.2. The maximum atomic E-state index is 11.5. The Kier molecular flexibility index (Phi) is 4.67. The second kappa shape index (κ2) is 6.24. The van der Waals surface area contributed by atoms with Crippen molar-refractivity contribution in [3.05, 3.63) is 29.8 Å². The molecule has 1 aromatic rings. The van der Waals surface area contributed by atoms with Gasteiger partial charge in [-0.1, -0.05) is 12.1 Å². The third-order valence-corrected chi connectivity index (χ3v) is 2.10. The molecule has 96 valence electrons. The summed E-state index contributed by atoms with van der Waals surface area (Å²) in [4.78, 5) is 33.2. The molecule has 4 amide bonds. The van der Waals surface area contributed by atoms with Crippen molar-refractivity contribution in [2.75, 3.05) is 18.9 Å². The highest BCUT2D eigenvalue weighted by Gasteiger charge is 2.10. The van der Waals surface area contributed by atoms with Gasteiger partial charge in [0, 0.05) is 12.7 Å². The number of anilines is 1. The molecule has 1 aromatic carbocycles. The molecule has 5 N–H and O–H groups in total. The van der Waals surface area contributed by atoms with Crippen LogP contribution in [0.2, 0.25) is 0 Å². The number of carbonyl (C=O) groups is 3. The molecule has 0 bridgehead atoms. The van der Waals surface area contributed by atoms with Gasteiger partial charge in [0.25, 0.3) is 5.91 Å². The highest BCUT2D eigenvalue weighted by molar-refractivity contribution is 6.00. The number of urea groups is 1. The topological polar surface area (TPSA) is 113 Å². The second-order valence-electron chi connectivity index (χ2n) is 3.39. The number of imide groups is 1. The monoisotopic (exact) mass is 250 g/mol. The number of nitrogens with one attached hydrogen (secondary N) is 3. The van der Waals surface area contributed by atoms with Gasteiger partial charge in [0.1, 0.15) is 0 Å². The van der Waals surface area contributed by atoms with E-state index < -0.39 is 11.9 Å². The van der Waals surface area contributed by atoms with Crippen molar-refractivity contribution in [1.82, 2.24) is 10.6 Å². The quantitative estimate of drug-likeness (QED) is 0.585. The number of primary amides is 1. The van der Waals surface area contributed by atoms with Gasteiger partial charge in [-0.15, -0.1) is 0 Å². The van der Waals surface area contributed by atoms with Crippen molar-refractivity contribution in [3.8, 4) is 0 Å². The van der Waals surface area contributed by atoms with E-state index in [1.807, 2.05) is 5.32 Å². The van der Waals surface area contributed by atoms with Crippen LogP contribution in [0.15, 0.2) is 24.3 Å². The van der Waals surface area contributed by atoms with Gasteiger partial charge in [-0.25, -0.2) is 4.79 Å². The van der Waals surface area contributed by atoms with E-state index in [1.165, 1.54) is 7.05 Å². The SMILES string of the molecule is CNC(=O)c1ccccc1NCC(=O)NC(N)=O. The number of amides is 4. The Labute approximate surface area is 104 Å². The van der Waals surface area contributed by atoms with E-state index in [1.54, 1.807) is 24.3 Å². The predicted octanol–water partition coefficient (Wildman–Crippen LogP) is -0.347. The van der Waals surface area contributed by atoms with Crippen molar-refractivity contribution < 1.29 is 14.4 Å². The molecule has 0 saturated carbocycles. The molecule has 0 aromatic heterocycles. The molecular formula is C11H14N4O3. The van der Waals surface area contributed by atoms with Gasteiger partial charge >= 0.3 is 6.03 Å². The maximum Gasteiger partial charge on any atom is 0.318 e. The van der Waals surface area contributed by atoms with Gasteiger partial charge in [0.2, 0.25) is 5.91 Å². The van der Waals surface area contributed by atoms with Crippen molar-refractivity contribution in [1.29, 1.82) is 0 Å². The first-order chi connectivity index (χ1) is 8.54. The molecule has 0 unspecified atom stereocenters. The van der Waals surface area contributed by atoms with Gasteiger partial charge < -0.3 is 16.4 Å². The van der Waals surface area contributed by atoms with E-state index in [9.17, 15) is 14.4 Å². The first kappa shape index (κ1) is 13.5. The van der Waals surface area contributed by atoms with Crippen LogP contribution in [0, 0.1) is 0 Å². The van der Waals surface area contributed by atoms with Crippen LogP contribution in [0.25, 0.3) is 0 Å². The van der Waals surface area contributed by atoms with Crippen molar-refractivity contribution in [2.24, 2.45) is 5.73 Å². The fourth-order valence-electron chi connectivity index (χ4n) is 1.33. The minimum atomic E-state index is -0.915. The Morgan fingerprint density at radius 1 is 1.22 bits per heavy atom. The summed E-state index contributed by atoms with van der Waals surface area (Å²) >= 11 is 0. The van der Waals surface area contributed by atoms with Crippen LogP contribution < -0.4 is 21.7 Å². The van der Waals surface area contributed by atoms with Crippen molar-refractivity contribution in [3.63, 3.8) is 0 Å². The smallest absolute Gasteiger partial charge is 0.318 e. The van der Waals surface area contributed by atoms with Crippen LogP contribution in [-0.2, 0) is 4.79 Å². The van der Waals surface area contributed by atoms with E-state index in [-0.39, 0.29) is 12.5 Å². The lowest BCUT2D eigenvalue weighted by Crippen LogP contribution is -2.38. The molecule has 7 nitrogen and oxygen atoms in total. The fourth-order valence-corrected chi connectivity index (χ4v) is 1.33. The zero-order chi connectivity index (χ0) is 13.5. The Hall–Kier alpha value is -2.57. The van der Waals surface area contributed by atoms with Crippen LogP contribution in [0.5, 0.6) is 0 Å². The molecule has 0 heterocycles. The first-order valence-corrected chi connectivity index (χ1v) is 5.19. The van der Waals surface area contributed by atoms with E-state index in [0.717, 1.165) is 0 Å². The number of carbonyl (C=O) groups excluding carboxylic acids is 3. The van der Waals surface area contributed by atoms with Crippen LogP contribution in [-0.4, -0.2) is 31.4 Å². The summed E-state index contributed by atoms with van der Waals surface area (Å²) < 4.78 is 0. The van der Waals surface area contributed by atoms with Crippen LogP contribution in [0.1, 0.15) is 10.4 Å². The average Bonchev–Trinajstić information content (AvgIpc) is 2.35. The summed E-state index contributed by atoms with van der Waals surface area (Å²) in [5.74, 6) is -0.845. The molecule has 18 heavy (non-hydrogen) atoms. The Balaban J connectivity index is 2.70. The van der Waals surface area contributed by atoms with Gasteiger partial charge in [-0.2, -0.15) is 0 Å². The van der Waals surface area contributed by atoms with Crippen LogP contribution >= 0.6 is 0 Å². The standard InChI is InChI=1S/C11H14N4O3/c1-13-10(17)7-4-2-3-5-8(7)14-6-9(16)15-11(12)18/h2-5,14H,6H2,1H3,(H,13,17)(H3,12,15,16,18). The normalized spacial score (nSPS) is 9.39. The predicted molar refractivity (Wildman–Crippen MR) is 66.0 cm³/mol. The zero-order valence-corrected chi connectivity index (χ0v) is 9.82. The van der Waals surface area contributed by atoms with Crippen molar-refractivity contribution >= 4 is 23.5 Å². The third kappa shape index (κ3) is 3.78. The number of nitrogens with two attached hydrogens (primary N) is 1. The van der Waals surface area contributed by atoms with E-state index >= 15 is 0 Å². The zero-order valence-electron chi connectivity index (χ0n) is 9.82. The number of benzene rings is 1. The molecule has 0 atom stereocenters. The summed E-state index contributed by atoms with van der Waals surface area (Å²) in [6.45, 7) is -0.156. The second-order valence-corrected chi connectivity index (χ2v) is 3.39. The summed E-state index contributed by atoms with van der Waals surface area (Å²) in [6.07, 6.45) is 0. The van der Waals surface area contributed by atoms with E-state index in [2.05, 4.69) is 10.6 Å². The molecule has 0 spiro atoms. The molecular weight excluding hydrogens is 236 g/mol. The minimum Gasteiger partial charge on any atom is -0.375 e. The molecule has 1 rings (SSSR count). The lowest BCUT2D eigenvalue weighted by atomic mass is 10.1. The largest absolute Gasteiger partial charge is 0.375 e. The lowest BCUT2D eigenvalue weighted by molar-refractivity contribution is -0.118. The van der Waals surface area contributed by atoms with Crippen LogP contribution in [0.3, 0.4) is 0 Å². The van der Waals surface area contributed by atoms with Crippen molar-refractivity contribution in [2.45, 2.75) is 0 Å². The number of hydrogen-bond acceptors (Lipinski definition) is 4. The van der Waals surface area contributed by atoms with E-state index in [0.29, 0.717) is 11.3 Å².